The van der Waals surface area contributed by atoms with Gasteiger partial charge in [-0.05, 0) is 80.9 Å². The van der Waals surface area contributed by atoms with Crippen LogP contribution in [0.25, 0.3) is 121 Å². The lowest BCUT2D eigenvalue weighted by Crippen LogP contribution is -1.99. The maximum absolute atomic E-state index is 6.52. The summed E-state index contributed by atoms with van der Waals surface area (Å²) in [5, 5.41) is 12.3. The molecule has 0 saturated carbocycles. The minimum atomic E-state index is 0.906. The lowest BCUT2D eigenvalue weighted by atomic mass is 10.0. The van der Waals surface area contributed by atoms with E-state index in [1.54, 1.807) is 0 Å². The molecule has 0 unspecified atom stereocenters. The second kappa shape index (κ2) is 9.81. The van der Waals surface area contributed by atoms with Gasteiger partial charge in [0, 0.05) is 43.4 Å². The number of hydrogen-bond acceptors (Lipinski definition) is 1. The molecule has 1 aliphatic carbocycles. The van der Waals surface area contributed by atoms with Gasteiger partial charge in [0.1, 0.15) is 11.2 Å². The summed E-state index contributed by atoms with van der Waals surface area (Å²) in [6, 6.07) is 62.3. The summed E-state index contributed by atoms with van der Waals surface area (Å²) in [7, 11) is 0. The van der Waals surface area contributed by atoms with Crippen LogP contribution in [0.1, 0.15) is 0 Å². The van der Waals surface area contributed by atoms with Crippen LogP contribution in [-0.2, 0) is 0 Å². The first kappa shape index (κ1) is 27.6. The van der Waals surface area contributed by atoms with E-state index < -0.39 is 0 Å². The standard InChI is InChI=1S/C50H28N2O/c1-2-14-32-29(10-1)11-9-20-41(32)52-42-19-5-3-15-34(42)37-24-25-39-47-43(26-27-45-48(47)38-16-4-6-21-44(38)53-45)51(50(39)49(37)52)31-22-23-33-35-17-7-12-30-13-8-18-36(46(30)35)40(33)28-31/h1-28H. The Morgan fingerprint density at radius 2 is 1.04 bits per heavy atom. The minimum absolute atomic E-state index is 0.906. The molecule has 0 atom stereocenters. The van der Waals surface area contributed by atoms with Crippen molar-refractivity contribution >= 4 is 87.1 Å². The Balaban J connectivity index is 1.26. The number of furan rings is 1. The molecule has 0 fully saturated rings. The first-order valence-electron chi connectivity index (χ1n) is 18.3. The third-order valence-corrected chi connectivity index (χ3v) is 11.8. The van der Waals surface area contributed by atoms with Crippen LogP contribution in [0.5, 0.6) is 0 Å². The second-order valence-corrected chi connectivity index (χ2v) is 14.4. The van der Waals surface area contributed by atoms with E-state index in [9.17, 15) is 0 Å². The van der Waals surface area contributed by atoms with E-state index in [2.05, 4.69) is 179 Å². The summed E-state index contributed by atoms with van der Waals surface area (Å²) in [5.41, 5.74) is 14.1. The average Bonchev–Trinajstić information content (AvgIpc) is 3.95. The van der Waals surface area contributed by atoms with Crippen LogP contribution in [0.3, 0.4) is 0 Å². The van der Waals surface area contributed by atoms with Gasteiger partial charge in [-0.15, -0.1) is 0 Å². The van der Waals surface area contributed by atoms with Gasteiger partial charge in [-0.1, -0.05) is 127 Å². The summed E-state index contributed by atoms with van der Waals surface area (Å²) in [5.74, 6) is 0. The highest BCUT2D eigenvalue weighted by Gasteiger charge is 2.26. The zero-order valence-corrected chi connectivity index (χ0v) is 28.5. The van der Waals surface area contributed by atoms with Gasteiger partial charge in [-0.3, -0.25) is 0 Å². The molecule has 244 valence electrons. The zero-order valence-electron chi connectivity index (χ0n) is 28.5. The Hall–Kier alpha value is -7.10. The van der Waals surface area contributed by atoms with Crippen LogP contribution in [-0.4, -0.2) is 9.13 Å². The minimum Gasteiger partial charge on any atom is -0.456 e. The van der Waals surface area contributed by atoms with E-state index in [1.807, 2.05) is 0 Å². The molecule has 0 spiro atoms. The van der Waals surface area contributed by atoms with E-state index in [0.29, 0.717) is 0 Å². The number of para-hydroxylation sites is 2. The van der Waals surface area contributed by atoms with Gasteiger partial charge in [-0.25, -0.2) is 0 Å². The number of nitrogens with zero attached hydrogens (tertiary/aromatic N) is 2. The normalized spacial score (nSPS) is 12.5. The van der Waals surface area contributed by atoms with Gasteiger partial charge < -0.3 is 13.6 Å². The molecule has 3 heterocycles. The van der Waals surface area contributed by atoms with Gasteiger partial charge in [0.2, 0.25) is 0 Å². The van der Waals surface area contributed by atoms with Gasteiger partial charge in [0.05, 0.1) is 27.8 Å². The molecule has 3 aromatic heterocycles. The van der Waals surface area contributed by atoms with Crippen LogP contribution in [0.4, 0.5) is 0 Å². The largest absolute Gasteiger partial charge is 0.456 e. The Morgan fingerprint density at radius 1 is 0.340 bits per heavy atom. The van der Waals surface area contributed by atoms with E-state index in [0.717, 1.165) is 33.1 Å². The Morgan fingerprint density at radius 3 is 1.94 bits per heavy atom. The average molecular weight is 673 g/mol. The van der Waals surface area contributed by atoms with Crippen molar-refractivity contribution in [2.45, 2.75) is 0 Å². The lowest BCUT2D eigenvalue weighted by Gasteiger charge is -2.15. The molecule has 53 heavy (non-hydrogen) atoms. The molecular weight excluding hydrogens is 645 g/mol. The van der Waals surface area contributed by atoms with Crippen molar-refractivity contribution in [2.75, 3.05) is 0 Å². The number of rotatable bonds is 2. The Kier molecular flexibility index (Phi) is 5.11. The number of hydrogen-bond donors (Lipinski definition) is 0. The summed E-state index contributed by atoms with van der Waals surface area (Å²) in [4.78, 5) is 0. The van der Waals surface area contributed by atoms with E-state index in [-0.39, 0.29) is 0 Å². The topological polar surface area (TPSA) is 23.0 Å². The van der Waals surface area contributed by atoms with Gasteiger partial charge >= 0.3 is 0 Å². The monoisotopic (exact) mass is 672 g/mol. The van der Waals surface area contributed by atoms with Crippen LogP contribution in [0.2, 0.25) is 0 Å². The van der Waals surface area contributed by atoms with Gasteiger partial charge in [0.25, 0.3) is 0 Å². The fourth-order valence-electron chi connectivity index (χ4n) is 9.69. The first-order valence-corrected chi connectivity index (χ1v) is 18.3. The highest BCUT2D eigenvalue weighted by Crippen LogP contribution is 2.50. The Labute approximate surface area is 303 Å². The summed E-state index contributed by atoms with van der Waals surface area (Å²) < 4.78 is 11.6. The van der Waals surface area contributed by atoms with Gasteiger partial charge in [-0.2, -0.15) is 0 Å². The molecule has 0 bridgehead atoms. The van der Waals surface area contributed by atoms with Crippen LogP contribution < -0.4 is 0 Å². The number of fused-ring (bicyclic) bond motifs is 15. The van der Waals surface area contributed by atoms with Crippen LogP contribution >= 0.6 is 0 Å². The molecule has 3 nitrogen and oxygen atoms in total. The summed E-state index contributed by atoms with van der Waals surface area (Å²) in [6.07, 6.45) is 0. The number of benzene rings is 9. The lowest BCUT2D eigenvalue weighted by molar-refractivity contribution is 0.669. The van der Waals surface area contributed by atoms with Crippen LogP contribution in [0.15, 0.2) is 174 Å². The first-order chi connectivity index (χ1) is 26.3. The van der Waals surface area contributed by atoms with Crippen molar-refractivity contribution < 1.29 is 4.42 Å². The third-order valence-electron chi connectivity index (χ3n) is 11.8. The van der Waals surface area contributed by atoms with Crippen molar-refractivity contribution in [1.29, 1.82) is 0 Å². The second-order valence-electron chi connectivity index (χ2n) is 14.4. The molecule has 0 radical (unpaired) electrons. The predicted octanol–water partition coefficient (Wildman–Crippen LogP) is 13.7. The molecule has 0 N–H and O–H groups in total. The van der Waals surface area contributed by atoms with Crippen molar-refractivity contribution in [2.24, 2.45) is 0 Å². The molecule has 1 aliphatic rings. The van der Waals surface area contributed by atoms with Crippen molar-refractivity contribution in [1.82, 2.24) is 9.13 Å². The fraction of sp³-hybridized carbons (Fsp3) is 0. The summed E-state index contributed by atoms with van der Waals surface area (Å²) >= 11 is 0. The highest BCUT2D eigenvalue weighted by molar-refractivity contribution is 6.32. The highest BCUT2D eigenvalue weighted by atomic mass is 16.3. The predicted molar refractivity (Wildman–Crippen MR) is 222 cm³/mol. The molecule has 0 amide bonds. The van der Waals surface area contributed by atoms with Crippen molar-refractivity contribution in [3.8, 4) is 33.6 Å². The molecule has 13 rings (SSSR count). The fourth-order valence-corrected chi connectivity index (χ4v) is 9.69. The van der Waals surface area contributed by atoms with Gasteiger partial charge in [0.15, 0.2) is 0 Å². The van der Waals surface area contributed by atoms with E-state index >= 15 is 0 Å². The van der Waals surface area contributed by atoms with E-state index in [4.69, 9.17) is 4.42 Å². The SMILES string of the molecule is c1ccc2c(-n3c4ccccc4c4ccc5c6c7c(ccc6n(-c6ccc8c(c6)-c6cccc9cccc-8c69)c5c43)oc3ccccc37)cccc2c1. The smallest absolute Gasteiger partial charge is 0.136 e. The number of aromatic nitrogens is 2. The third kappa shape index (κ3) is 3.44. The zero-order chi connectivity index (χ0) is 34.4. The maximum atomic E-state index is 6.52. The molecule has 0 saturated heterocycles. The van der Waals surface area contributed by atoms with E-state index in [1.165, 1.54) is 87.6 Å². The van der Waals surface area contributed by atoms with Crippen molar-refractivity contribution in [3.63, 3.8) is 0 Å². The molecule has 0 aliphatic heterocycles. The molecule has 12 aromatic rings. The van der Waals surface area contributed by atoms with Crippen LogP contribution in [0, 0.1) is 0 Å². The summed E-state index contributed by atoms with van der Waals surface area (Å²) in [6.45, 7) is 0. The Bertz CT molecular complexity index is 3560. The molecule has 3 heteroatoms. The quantitative estimate of drug-likeness (QED) is 0.179. The molecule has 9 aromatic carbocycles. The maximum Gasteiger partial charge on any atom is 0.136 e. The molecular formula is C50H28N2O. The van der Waals surface area contributed by atoms with Crippen molar-refractivity contribution in [3.05, 3.63) is 170 Å².